The molecule has 8 heteroatoms. The van der Waals surface area contributed by atoms with Crippen LogP contribution in [0.4, 0.5) is 8.78 Å². The van der Waals surface area contributed by atoms with Crippen molar-refractivity contribution in [2.24, 2.45) is 5.92 Å². The van der Waals surface area contributed by atoms with Crippen LogP contribution in [0.5, 0.6) is 0 Å². The lowest BCUT2D eigenvalue weighted by molar-refractivity contribution is 0.00115. The Kier molecular flexibility index (Phi) is 5.72. The van der Waals surface area contributed by atoms with Gasteiger partial charge in [0.05, 0.1) is 13.2 Å². The summed E-state index contributed by atoms with van der Waals surface area (Å²) in [7, 11) is -2.36. The third-order valence-corrected chi connectivity index (χ3v) is 5.53. The summed E-state index contributed by atoms with van der Waals surface area (Å²) in [6.07, 6.45) is 0.670. The zero-order valence-electron chi connectivity index (χ0n) is 13.3. The fourth-order valence-electron chi connectivity index (χ4n) is 2.74. The average Bonchev–Trinajstić information content (AvgIpc) is 2.96. The van der Waals surface area contributed by atoms with Gasteiger partial charge >= 0.3 is 0 Å². The summed E-state index contributed by atoms with van der Waals surface area (Å²) in [5.41, 5.74) is 0.263. The van der Waals surface area contributed by atoms with Crippen LogP contribution in [0.1, 0.15) is 17.5 Å². The largest absolute Gasteiger partial charge is 0.384 e. The molecule has 5 nitrogen and oxygen atoms in total. The Balaban J connectivity index is 2.00. The fraction of sp³-hybridized carbons (Fsp3) is 0.600. The molecule has 0 saturated carbocycles. The Morgan fingerprint density at radius 3 is 2.74 bits per heavy atom. The number of ether oxygens (including phenoxy) is 1. The van der Waals surface area contributed by atoms with Gasteiger partial charge in [0.15, 0.2) is 0 Å². The molecule has 1 aliphatic heterocycles. The first kappa shape index (κ1) is 18.3. The van der Waals surface area contributed by atoms with Crippen LogP contribution in [-0.2, 0) is 20.9 Å². The average molecular weight is 348 g/mol. The van der Waals surface area contributed by atoms with Crippen molar-refractivity contribution in [2.75, 3.05) is 33.4 Å². The van der Waals surface area contributed by atoms with E-state index < -0.39 is 22.7 Å². The highest BCUT2D eigenvalue weighted by molar-refractivity contribution is 7.87. The number of rotatable bonds is 7. The van der Waals surface area contributed by atoms with Crippen LogP contribution >= 0.6 is 0 Å². The minimum absolute atomic E-state index is 0.105. The highest BCUT2D eigenvalue weighted by Crippen LogP contribution is 2.30. The van der Waals surface area contributed by atoms with Gasteiger partial charge in [-0.05, 0) is 24.8 Å². The number of nitrogens with zero attached hydrogens (tertiary/aromatic N) is 1. The van der Waals surface area contributed by atoms with Gasteiger partial charge in [-0.1, -0.05) is 24.3 Å². The summed E-state index contributed by atoms with van der Waals surface area (Å²) in [6.45, 7) is 1.70. The van der Waals surface area contributed by atoms with Crippen molar-refractivity contribution >= 4 is 10.2 Å². The highest BCUT2D eigenvalue weighted by Gasteiger charge is 2.37. The lowest BCUT2D eigenvalue weighted by atomic mass is 10.0. The van der Waals surface area contributed by atoms with Crippen LogP contribution in [0.3, 0.4) is 0 Å². The van der Waals surface area contributed by atoms with Crippen molar-refractivity contribution in [2.45, 2.75) is 19.3 Å². The normalized spacial score (nSPS) is 20.1. The predicted molar refractivity (Wildman–Crippen MR) is 83.6 cm³/mol. The second-order valence-electron chi connectivity index (χ2n) is 5.81. The first-order valence-electron chi connectivity index (χ1n) is 7.44. The summed E-state index contributed by atoms with van der Waals surface area (Å²) < 4.78 is 61.2. The van der Waals surface area contributed by atoms with Gasteiger partial charge in [-0.2, -0.15) is 26.2 Å². The van der Waals surface area contributed by atoms with Gasteiger partial charge in [-0.15, -0.1) is 0 Å². The summed E-state index contributed by atoms with van der Waals surface area (Å²) in [5.74, 6) is -3.15. The third-order valence-electron chi connectivity index (χ3n) is 4.01. The minimum Gasteiger partial charge on any atom is -0.384 e. The van der Waals surface area contributed by atoms with Crippen LogP contribution in [0.2, 0.25) is 0 Å². The standard InChI is InChI=1S/C15H22F2N2O3S/c1-12-5-3-4-6-14(12)15(16,17)11-18-23(20,21)19-8-7-13(9-19)10-22-2/h3-6,13,18H,7-11H2,1-2H3. The number of methoxy groups -OCH3 is 1. The van der Waals surface area contributed by atoms with Gasteiger partial charge in [0, 0.05) is 25.8 Å². The van der Waals surface area contributed by atoms with Gasteiger partial charge in [0.25, 0.3) is 16.1 Å². The van der Waals surface area contributed by atoms with Crippen molar-refractivity contribution < 1.29 is 21.9 Å². The predicted octanol–water partition coefficient (Wildman–Crippen LogP) is 1.89. The van der Waals surface area contributed by atoms with Crippen molar-refractivity contribution in [3.63, 3.8) is 0 Å². The van der Waals surface area contributed by atoms with Crippen LogP contribution in [0.15, 0.2) is 24.3 Å². The van der Waals surface area contributed by atoms with Crippen LogP contribution < -0.4 is 4.72 Å². The Morgan fingerprint density at radius 2 is 2.09 bits per heavy atom. The maximum absolute atomic E-state index is 14.3. The number of alkyl halides is 2. The molecular formula is C15H22F2N2O3S. The summed E-state index contributed by atoms with van der Waals surface area (Å²) in [5, 5.41) is 0. The van der Waals surface area contributed by atoms with E-state index >= 15 is 0 Å². The molecule has 1 fully saturated rings. The Morgan fingerprint density at radius 1 is 1.39 bits per heavy atom. The molecule has 1 aromatic rings. The van der Waals surface area contributed by atoms with Crippen molar-refractivity contribution in [3.8, 4) is 0 Å². The molecule has 0 amide bonds. The first-order chi connectivity index (χ1) is 10.8. The van der Waals surface area contributed by atoms with E-state index in [0.29, 0.717) is 31.7 Å². The van der Waals surface area contributed by atoms with E-state index in [0.717, 1.165) is 0 Å². The van der Waals surface area contributed by atoms with Gasteiger partial charge < -0.3 is 4.74 Å². The zero-order valence-corrected chi connectivity index (χ0v) is 14.1. The molecule has 1 aliphatic rings. The molecule has 0 radical (unpaired) electrons. The molecule has 1 atom stereocenters. The van der Waals surface area contributed by atoms with E-state index in [1.807, 2.05) is 4.72 Å². The number of aryl methyl sites for hydroxylation is 1. The van der Waals surface area contributed by atoms with E-state index in [1.165, 1.54) is 16.4 Å². The Hall–Kier alpha value is -1.09. The molecule has 0 spiro atoms. The van der Waals surface area contributed by atoms with Gasteiger partial charge in [-0.3, -0.25) is 0 Å². The van der Waals surface area contributed by atoms with Gasteiger partial charge in [0.2, 0.25) is 0 Å². The van der Waals surface area contributed by atoms with Gasteiger partial charge in [-0.25, -0.2) is 0 Å². The number of hydrogen-bond acceptors (Lipinski definition) is 3. The van der Waals surface area contributed by atoms with E-state index in [4.69, 9.17) is 4.74 Å². The lowest BCUT2D eigenvalue weighted by Gasteiger charge is -2.22. The number of nitrogens with one attached hydrogen (secondary N) is 1. The summed E-state index contributed by atoms with van der Waals surface area (Å²) >= 11 is 0. The topological polar surface area (TPSA) is 58.6 Å². The van der Waals surface area contributed by atoms with E-state index in [-0.39, 0.29) is 11.5 Å². The maximum atomic E-state index is 14.3. The zero-order chi connectivity index (χ0) is 17.1. The first-order valence-corrected chi connectivity index (χ1v) is 8.88. The molecule has 2 rings (SSSR count). The monoisotopic (exact) mass is 348 g/mol. The smallest absolute Gasteiger partial charge is 0.286 e. The van der Waals surface area contributed by atoms with Crippen molar-refractivity contribution in [3.05, 3.63) is 35.4 Å². The maximum Gasteiger partial charge on any atom is 0.286 e. The minimum atomic E-state index is -3.92. The molecule has 1 heterocycles. The quantitative estimate of drug-likeness (QED) is 0.819. The molecule has 1 unspecified atom stereocenters. The van der Waals surface area contributed by atoms with Crippen molar-refractivity contribution in [1.82, 2.24) is 9.03 Å². The molecule has 0 aromatic heterocycles. The summed E-state index contributed by atoms with van der Waals surface area (Å²) in [6, 6.07) is 6.07. The molecule has 1 N–H and O–H groups in total. The van der Waals surface area contributed by atoms with Gasteiger partial charge in [0.1, 0.15) is 0 Å². The van der Waals surface area contributed by atoms with E-state index in [9.17, 15) is 17.2 Å². The number of hydrogen-bond donors (Lipinski definition) is 1. The lowest BCUT2D eigenvalue weighted by Crippen LogP contribution is -2.43. The van der Waals surface area contributed by atoms with Crippen LogP contribution in [0.25, 0.3) is 0 Å². The van der Waals surface area contributed by atoms with Crippen molar-refractivity contribution in [1.29, 1.82) is 0 Å². The molecule has 23 heavy (non-hydrogen) atoms. The van der Waals surface area contributed by atoms with Crippen LogP contribution in [0, 0.1) is 12.8 Å². The SMILES string of the molecule is COCC1CCN(S(=O)(=O)NCC(F)(F)c2ccccc2C)C1. The molecule has 1 aromatic carbocycles. The molecule has 130 valence electrons. The second kappa shape index (κ2) is 7.21. The van der Waals surface area contributed by atoms with Crippen LogP contribution in [-0.4, -0.2) is 46.1 Å². The molecular weight excluding hydrogens is 326 g/mol. The van der Waals surface area contributed by atoms with E-state index in [1.54, 1.807) is 26.2 Å². The molecule has 0 aliphatic carbocycles. The second-order valence-corrected chi connectivity index (χ2v) is 7.57. The number of benzene rings is 1. The highest BCUT2D eigenvalue weighted by atomic mass is 32.2. The molecule has 0 bridgehead atoms. The molecule has 1 saturated heterocycles. The Bertz CT molecular complexity index is 637. The summed E-state index contributed by atoms with van der Waals surface area (Å²) in [4.78, 5) is 0. The number of halogens is 2. The van der Waals surface area contributed by atoms with E-state index in [2.05, 4.69) is 0 Å². The fourth-order valence-corrected chi connectivity index (χ4v) is 4.04. The third kappa shape index (κ3) is 4.47. The Labute approximate surface area is 135 Å².